The second kappa shape index (κ2) is 3.01. The minimum Gasteiger partial charge on any atom is -0.248 e. The van der Waals surface area contributed by atoms with Gasteiger partial charge in [-0.2, -0.15) is 5.10 Å². The molecule has 4 heteroatoms. The van der Waals surface area contributed by atoms with Crippen LogP contribution in [0.4, 0.5) is 0 Å². The van der Waals surface area contributed by atoms with Crippen LogP contribution in [0, 0.1) is 3.57 Å². The van der Waals surface area contributed by atoms with Crippen LogP contribution in [0.25, 0.3) is 11.0 Å². The van der Waals surface area contributed by atoms with E-state index in [2.05, 4.69) is 45.7 Å². The zero-order chi connectivity index (χ0) is 8.55. The van der Waals surface area contributed by atoms with Gasteiger partial charge in [0.1, 0.15) is 0 Å². The van der Waals surface area contributed by atoms with Crippen molar-refractivity contribution in [3.8, 4) is 0 Å². The molecule has 0 saturated carbocycles. The van der Waals surface area contributed by atoms with E-state index in [1.165, 1.54) is 0 Å². The topological polar surface area (TPSA) is 30.7 Å². The summed E-state index contributed by atoms with van der Waals surface area (Å²) in [6.07, 6.45) is 3.71. The van der Waals surface area contributed by atoms with Crippen LogP contribution in [0.15, 0.2) is 18.5 Å². The zero-order valence-corrected chi connectivity index (χ0v) is 8.82. The minimum absolute atomic E-state index is 0.872. The Morgan fingerprint density at radius 2 is 2.33 bits per heavy atom. The van der Waals surface area contributed by atoms with Crippen molar-refractivity contribution in [3.05, 3.63) is 22.0 Å². The lowest BCUT2D eigenvalue weighted by Crippen LogP contribution is -1.96. The number of hydrogen-bond acceptors (Lipinski definition) is 2. The number of rotatable bonds is 1. The molecule has 0 unspecified atom stereocenters. The number of pyridine rings is 1. The van der Waals surface area contributed by atoms with Gasteiger partial charge in [0, 0.05) is 21.7 Å². The van der Waals surface area contributed by atoms with Crippen molar-refractivity contribution in [2.24, 2.45) is 0 Å². The maximum Gasteiger partial charge on any atom is 0.157 e. The SMILES string of the molecule is CCn1ncc2cc(I)cnc21. The molecule has 2 heterocycles. The molecule has 2 aromatic heterocycles. The molecule has 0 aliphatic carbocycles. The smallest absolute Gasteiger partial charge is 0.157 e. The van der Waals surface area contributed by atoms with Gasteiger partial charge in [-0.15, -0.1) is 0 Å². The van der Waals surface area contributed by atoms with E-state index in [1.807, 2.05) is 17.1 Å². The van der Waals surface area contributed by atoms with Gasteiger partial charge < -0.3 is 0 Å². The number of aryl methyl sites for hydroxylation is 1. The summed E-state index contributed by atoms with van der Waals surface area (Å²) >= 11 is 2.25. The average Bonchev–Trinajstić information content (AvgIpc) is 2.46. The van der Waals surface area contributed by atoms with Crippen LogP contribution in [0.5, 0.6) is 0 Å². The standard InChI is InChI=1S/C8H8IN3/c1-2-12-8-6(4-11-12)3-7(9)5-10-8/h3-5H,2H2,1H3. The molecule has 0 saturated heterocycles. The molecule has 62 valence electrons. The molecule has 0 atom stereocenters. The Kier molecular flexibility index (Phi) is 2.00. The summed E-state index contributed by atoms with van der Waals surface area (Å²) in [5.74, 6) is 0. The predicted molar refractivity (Wildman–Crippen MR) is 55.9 cm³/mol. The van der Waals surface area contributed by atoms with Crippen molar-refractivity contribution in [2.45, 2.75) is 13.5 Å². The highest BCUT2D eigenvalue weighted by molar-refractivity contribution is 14.1. The number of halogens is 1. The summed E-state index contributed by atoms with van der Waals surface area (Å²) < 4.78 is 3.04. The molecule has 3 nitrogen and oxygen atoms in total. The summed E-state index contributed by atoms with van der Waals surface area (Å²) in [6, 6.07) is 2.09. The van der Waals surface area contributed by atoms with Gasteiger partial charge in [-0.1, -0.05) is 0 Å². The Balaban J connectivity index is 2.73. The molecule has 12 heavy (non-hydrogen) atoms. The van der Waals surface area contributed by atoms with E-state index in [9.17, 15) is 0 Å². The van der Waals surface area contributed by atoms with E-state index in [4.69, 9.17) is 0 Å². The van der Waals surface area contributed by atoms with E-state index in [-0.39, 0.29) is 0 Å². The van der Waals surface area contributed by atoms with Crippen LogP contribution >= 0.6 is 22.6 Å². The normalized spacial score (nSPS) is 10.8. The van der Waals surface area contributed by atoms with Crippen LogP contribution in [0.3, 0.4) is 0 Å². The predicted octanol–water partition coefficient (Wildman–Crippen LogP) is 2.06. The number of fused-ring (bicyclic) bond motifs is 1. The first-order valence-electron chi connectivity index (χ1n) is 3.78. The van der Waals surface area contributed by atoms with Crippen LogP contribution < -0.4 is 0 Å². The van der Waals surface area contributed by atoms with E-state index in [1.54, 1.807) is 0 Å². The van der Waals surface area contributed by atoms with Crippen LogP contribution in [0.2, 0.25) is 0 Å². The van der Waals surface area contributed by atoms with Crippen LogP contribution in [-0.2, 0) is 6.54 Å². The molecule has 2 aromatic rings. The first-order chi connectivity index (χ1) is 5.81. The van der Waals surface area contributed by atoms with Gasteiger partial charge in [0.25, 0.3) is 0 Å². The molecule has 0 aliphatic rings. The molecular formula is C8H8IN3. The summed E-state index contributed by atoms with van der Waals surface area (Å²) in [5.41, 5.74) is 0.970. The Labute approximate surface area is 83.9 Å². The van der Waals surface area contributed by atoms with E-state index < -0.39 is 0 Å². The molecular weight excluding hydrogens is 265 g/mol. The summed E-state index contributed by atoms with van der Waals surface area (Å²) in [6.45, 7) is 2.93. The Hall–Kier alpha value is -0.650. The largest absolute Gasteiger partial charge is 0.248 e. The third-order valence-corrected chi connectivity index (χ3v) is 2.33. The second-order valence-electron chi connectivity index (χ2n) is 2.53. The Bertz CT molecular complexity index is 408. The van der Waals surface area contributed by atoms with Crippen molar-refractivity contribution in [2.75, 3.05) is 0 Å². The maximum absolute atomic E-state index is 4.30. The molecule has 0 spiro atoms. The van der Waals surface area contributed by atoms with Gasteiger partial charge in [-0.05, 0) is 35.6 Å². The molecule has 0 fully saturated rings. The zero-order valence-electron chi connectivity index (χ0n) is 6.66. The fourth-order valence-electron chi connectivity index (χ4n) is 1.18. The first-order valence-corrected chi connectivity index (χ1v) is 4.86. The summed E-state index contributed by atoms with van der Waals surface area (Å²) in [4.78, 5) is 4.30. The minimum atomic E-state index is 0.872. The maximum atomic E-state index is 4.30. The van der Waals surface area contributed by atoms with Crippen LogP contribution in [-0.4, -0.2) is 14.8 Å². The fourth-order valence-corrected chi connectivity index (χ4v) is 1.65. The third-order valence-electron chi connectivity index (χ3n) is 1.74. The molecule has 0 bridgehead atoms. The fraction of sp³-hybridized carbons (Fsp3) is 0.250. The third kappa shape index (κ3) is 1.20. The monoisotopic (exact) mass is 273 g/mol. The summed E-state index contributed by atoms with van der Waals surface area (Å²) in [5, 5.41) is 5.32. The highest BCUT2D eigenvalue weighted by Crippen LogP contribution is 2.13. The van der Waals surface area contributed by atoms with Gasteiger partial charge >= 0.3 is 0 Å². The quantitative estimate of drug-likeness (QED) is 0.744. The van der Waals surface area contributed by atoms with Gasteiger partial charge in [0.2, 0.25) is 0 Å². The molecule has 0 aliphatic heterocycles. The van der Waals surface area contributed by atoms with Crippen molar-refractivity contribution < 1.29 is 0 Å². The van der Waals surface area contributed by atoms with Crippen molar-refractivity contribution >= 4 is 33.6 Å². The van der Waals surface area contributed by atoms with Gasteiger partial charge in [0.05, 0.1) is 6.20 Å². The summed E-state index contributed by atoms with van der Waals surface area (Å²) in [7, 11) is 0. The molecule has 0 aromatic carbocycles. The second-order valence-corrected chi connectivity index (χ2v) is 3.77. The van der Waals surface area contributed by atoms with Gasteiger partial charge in [-0.3, -0.25) is 0 Å². The van der Waals surface area contributed by atoms with E-state index in [0.29, 0.717) is 0 Å². The lowest BCUT2D eigenvalue weighted by molar-refractivity contribution is 0.677. The number of aromatic nitrogens is 3. The highest BCUT2D eigenvalue weighted by Gasteiger charge is 2.01. The van der Waals surface area contributed by atoms with Gasteiger partial charge in [-0.25, -0.2) is 9.67 Å². The van der Waals surface area contributed by atoms with Crippen molar-refractivity contribution in [1.82, 2.24) is 14.8 Å². The van der Waals surface area contributed by atoms with Crippen LogP contribution in [0.1, 0.15) is 6.92 Å². The van der Waals surface area contributed by atoms with Crippen molar-refractivity contribution in [1.29, 1.82) is 0 Å². The molecule has 2 rings (SSSR count). The highest BCUT2D eigenvalue weighted by atomic mass is 127. The average molecular weight is 273 g/mol. The number of hydrogen-bond donors (Lipinski definition) is 0. The van der Waals surface area contributed by atoms with Gasteiger partial charge in [0.15, 0.2) is 5.65 Å². The first kappa shape index (κ1) is 7.97. The van der Waals surface area contributed by atoms with E-state index >= 15 is 0 Å². The Morgan fingerprint density at radius 1 is 1.50 bits per heavy atom. The Morgan fingerprint density at radius 3 is 3.08 bits per heavy atom. The number of nitrogens with zero attached hydrogens (tertiary/aromatic N) is 3. The molecule has 0 radical (unpaired) electrons. The lowest BCUT2D eigenvalue weighted by atomic mass is 10.4. The van der Waals surface area contributed by atoms with Crippen molar-refractivity contribution in [3.63, 3.8) is 0 Å². The molecule has 0 N–H and O–H groups in total. The lowest BCUT2D eigenvalue weighted by Gasteiger charge is -1.96. The molecule has 0 amide bonds. The van der Waals surface area contributed by atoms with E-state index in [0.717, 1.165) is 21.1 Å².